The molecule has 0 aliphatic carbocycles. The zero-order valence-electron chi connectivity index (χ0n) is 15.2. The minimum atomic E-state index is -0.614. The monoisotopic (exact) mass is 368 g/mol. The van der Waals surface area contributed by atoms with Gasteiger partial charge in [-0.1, -0.05) is 6.07 Å². The van der Waals surface area contributed by atoms with Gasteiger partial charge in [0.1, 0.15) is 5.60 Å². The van der Waals surface area contributed by atoms with Gasteiger partial charge in [-0.25, -0.2) is 9.59 Å². The summed E-state index contributed by atoms with van der Waals surface area (Å²) in [6, 6.07) is 11.6. The highest BCUT2D eigenvalue weighted by molar-refractivity contribution is 6.05. The number of imidazole rings is 1. The molecule has 1 aromatic heterocycles. The topological polar surface area (TPSA) is 116 Å². The van der Waals surface area contributed by atoms with Gasteiger partial charge in [0.15, 0.2) is 0 Å². The molecule has 0 unspecified atom stereocenters. The van der Waals surface area contributed by atoms with Crippen molar-refractivity contribution in [3.63, 3.8) is 0 Å². The van der Waals surface area contributed by atoms with Crippen LogP contribution >= 0.6 is 0 Å². The van der Waals surface area contributed by atoms with Crippen LogP contribution in [0, 0.1) is 0 Å². The van der Waals surface area contributed by atoms with Crippen molar-refractivity contribution in [3.8, 4) is 0 Å². The van der Waals surface area contributed by atoms with E-state index in [1.807, 2.05) is 0 Å². The maximum absolute atomic E-state index is 12.5. The minimum absolute atomic E-state index is 0.311. The highest BCUT2D eigenvalue weighted by atomic mass is 16.6. The van der Waals surface area contributed by atoms with E-state index in [4.69, 9.17) is 4.74 Å². The van der Waals surface area contributed by atoms with E-state index in [0.29, 0.717) is 28.0 Å². The summed E-state index contributed by atoms with van der Waals surface area (Å²) in [7, 11) is 0. The third-order valence-corrected chi connectivity index (χ3v) is 3.54. The van der Waals surface area contributed by atoms with E-state index >= 15 is 0 Å². The summed E-state index contributed by atoms with van der Waals surface area (Å²) in [5, 5.41) is 5.36. The molecule has 0 fully saturated rings. The van der Waals surface area contributed by atoms with Gasteiger partial charge in [-0.05, 0) is 57.2 Å². The van der Waals surface area contributed by atoms with E-state index in [-0.39, 0.29) is 11.6 Å². The fraction of sp³-hybridized carbons (Fsp3) is 0.211. The largest absolute Gasteiger partial charge is 0.444 e. The second-order valence-electron chi connectivity index (χ2n) is 7.00. The number of H-pyrrole nitrogens is 2. The van der Waals surface area contributed by atoms with E-state index in [1.54, 1.807) is 63.2 Å². The van der Waals surface area contributed by atoms with Gasteiger partial charge in [0.05, 0.1) is 11.0 Å². The van der Waals surface area contributed by atoms with Crippen LogP contribution in [0.1, 0.15) is 31.1 Å². The van der Waals surface area contributed by atoms with Crippen molar-refractivity contribution in [1.29, 1.82) is 0 Å². The average Bonchev–Trinajstić information content (AvgIpc) is 2.92. The number of carbonyl (C=O) groups is 2. The Morgan fingerprint density at radius 2 is 1.63 bits per heavy atom. The first-order chi connectivity index (χ1) is 12.7. The molecule has 140 valence electrons. The maximum Gasteiger partial charge on any atom is 0.412 e. The van der Waals surface area contributed by atoms with Crippen molar-refractivity contribution < 1.29 is 14.3 Å². The minimum Gasteiger partial charge on any atom is -0.444 e. The quantitative estimate of drug-likeness (QED) is 0.566. The lowest BCUT2D eigenvalue weighted by molar-refractivity contribution is 0.0635. The number of hydrogen-bond acceptors (Lipinski definition) is 4. The Kier molecular flexibility index (Phi) is 4.72. The van der Waals surface area contributed by atoms with Crippen LogP contribution in [0.25, 0.3) is 11.0 Å². The lowest BCUT2D eigenvalue weighted by Crippen LogP contribution is -2.27. The van der Waals surface area contributed by atoms with E-state index < -0.39 is 11.7 Å². The van der Waals surface area contributed by atoms with Gasteiger partial charge in [0, 0.05) is 16.9 Å². The number of aromatic nitrogens is 2. The second kappa shape index (κ2) is 6.99. The van der Waals surface area contributed by atoms with Crippen molar-refractivity contribution in [2.24, 2.45) is 0 Å². The van der Waals surface area contributed by atoms with Gasteiger partial charge in [0.25, 0.3) is 5.91 Å². The van der Waals surface area contributed by atoms with Gasteiger partial charge in [-0.3, -0.25) is 10.1 Å². The number of aromatic amines is 2. The first-order valence-corrected chi connectivity index (χ1v) is 8.33. The Morgan fingerprint density at radius 3 is 2.37 bits per heavy atom. The molecule has 0 saturated heterocycles. The highest BCUT2D eigenvalue weighted by Gasteiger charge is 2.16. The number of rotatable bonds is 3. The van der Waals surface area contributed by atoms with Gasteiger partial charge in [-0.15, -0.1) is 0 Å². The standard InChI is InChI=1S/C19H20N4O4/c1-19(2,3)27-18(26)21-12-6-4-5-11(9-12)16(24)20-13-7-8-14-15(10-13)23-17(25)22-14/h4-10H,1-3H3,(H,20,24)(H,21,26)(H2,22,23,25). The fourth-order valence-corrected chi connectivity index (χ4v) is 2.47. The van der Waals surface area contributed by atoms with E-state index in [9.17, 15) is 14.4 Å². The number of carbonyl (C=O) groups excluding carboxylic acids is 2. The molecule has 1 heterocycles. The van der Waals surface area contributed by atoms with Crippen LogP contribution in [0.3, 0.4) is 0 Å². The predicted octanol–water partition coefficient (Wildman–Crippen LogP) is 3.46. The Labute approximate surface area is 154 Å². The molecule has 8 nitrogen and oxygen atoms in total. The van der Waals surface area contributed by atoms with Crippen LogP contribution in [0.4, 0.5) is 16.2 Å². The summed E-state index contributed by atoms with van der Waals surface area (Å²) in [4.78, 5) is 40.9. The van der Waals surface area contributed by atoms with E-state index in [0.717, 1.165) is 0 Å². The molecule has 0 aliphatic rings. The molecule has 0 bridgehead atoms. The number of amides is 2. The molecule has 0 spiro atoms. The van der Waals surface area contributed by atoms with Crippen LogP contribution in [-0.2, 0) is 4.74 Å². The third kappa shape index (κ3) is 4.75. The van der Waals surface area contributed by atoms with Crippen LogP contribution in [0.15, 0.2) is 47.3 Å². The third-order valence-electron chi connectivity index (χ3n) is 3.54. The summed E-state index contributed by atoms with van der Waals surface area (Å²) in [5.41, 5.74) is 1.67. The zero-order valence-corrected chi connectivity index (χ0v) is 15.2. The molecular weight excluding hydrogens is 348 g/mol. The smallest absolute Gasteiger partial charge is 0.412 e. The average molecular weight is 368 g/mol. The lowest BCUT2D eigenvalue weighted by atomic mass is 10.1. The Morgan fingerprint density at radius 1 is 0.926 bits per heavy atom. The van der Waals surface area contributed by atoms with Crippen molar-refractivity contribution in [1.82, 2.24) is 9.97 Å². The Bertz CT molecular complexity index is 1060. The summed E-state index contributed by atoms with van der Waals surface area (Å²) >= 11 is 0. The Hall–Kier alpha value is -3.55. The van der Waals surface area contributed by atoms with Crippen molar-refractivity contribution in [3.05, 3.63) is 58.5 Å². The number of nitrogens with one attached hydrogen (secondary N) is 4. The number of hydrogen-bond donors (Lipinski definition) is 4. The van der Waals surface area contributed by atoms with Gasteiger partial charge < -0.3 is 20.0 Å². The molecule has 0 aliphatic heterocycles. The number of anilines is 2. The molecule has 2 aromatic carbocycles. The van der Waals surface area contributed by atoms with E-state index in [1.165, 1.54) is 0 Å². The molecule has 0 radical (unpaired) electrons. The highest BCUT2D eigenvalue weighted by Crippen LogP contribution is 2.18. The molecule has 2 amide bonds. The summed E-state index contributed by atoms with van der Waals surface area (Å²) in [6.07, 6.45) is -0.595. The van der Waals surface area contributed by atoms with Crippen LogP contribution in [-0.4, -0.2) is 27.6 Å². The first kappa shape index (κ1) is 18.2. The predicted molar refractivity (Wildman–Crippen MR) is 103 cm³/mol. The molecule has 0 saturated carbocycles. The summed E-state index contributed by atoms with van der Waals surface area (Å²) < 4.78 is 5.20. The molecular formula is C19H20N4O4. The molecule has 0 atom stereocenters. The SMILES string of the molecule is CC(C)(C)OC(=O)Nc1cccc(C(=O)Nc2ccc3[nH]c(=O)[nH]c3c2)c1. The molecule has 3 aromatic rings. The molecule has 8 heteroatoms. The van der Waals surface area contributed by atoms with Crippen molar-refractivity contribution >= 4 is 34.4 Å². The van der Waals surface area contributed by atoms with Crippen LogP contribution in [0.5, 0.6) is 0 Å². The molecule has 4 N–H and O–H groups in total. The lowest BCUT2D eigenvalue weighted by Gasteiger charge is -2.19. The zero-order chi connectivity index (χ0) is 19.6. The fourth-order valence-electron chi connectivity index (χ4n) is 2.47. The summed E-state index contributed by atoms with van der Waals surface area (Å²) in [5.74, 6) is -0.347. The Balaban J connectivity index is 1.72. The van der Waals surface area contributed by atoms with Gasteiger partial charge >= 0.3 is 11.8 Å². The van der Waals surface area contributed by atoms with E-state index in [2.05, 4.69) is 20.6 Å². The van der Waals surface area contributed by atoms with Crippen molar-refractivity contribution in [2.75, 3.05) is 10.6 Å². The maximum atomic E-state index is 12.5. The molecule has 27 heavy (non-hydrogen) atoms. The van der Waals surface area contributed by atoms with Gasteiger partial charge in [0.2, 0.25) is 0 Å². The second-order valence-corrected chi connectivity index (χ2v) is 7.00. The number of ether oxygens (including phenoxy) is 1. The normalized spacial score (nSPS) is 11.2. The van der Waals surface area contributed by atoms with Crippen molar-refractivity contribution in [2.45, 2.75) is 26.4 Å². The number of benzene rings is 2. The van der Waals surface area contributed by atoms with Crippen LogP contribution < -0.4 is 16.3 Å². The molecule has 3 rings (SSSR count). The summed E-state index contributed by atoms with van der Waals surface area (Å²) in [6.45, 7) is 5.31. The number of fused-ring (bicyclic) bond motifs is 1. The van der Waals surface area contributed by atoms with Gasteiger partial charge in [-0.2, -0.15) is 0 Å². The first-order valence-electron chi connectivity index (χ1n) is 8.33. The van der Waals surface area contributed by atoms with Crippen LogP contribution in [0.2, 0.25) is 0 Å².